The fourth-order valence-electron chi connectivity index (χ4n) is 3.27. The second-order valence-electron chi connectivity index (χ2n) is 6.61. The van der Waals surface area contributed by atoms with E-state index in [-0.39, 0.29) is 37.0 Å². The molecule has 2 aliphatic rings. The lowest BCUT2D eigenvalue weighted by atomic mass is 10.0. The zero-order valence-corrected chi connectivity index (χ0v) is 14.6. The molecule has 0 saturated carbocycles. The number of benzene rings is 1. The van der Waals surface area contributed by atoms with E-state index >= 15 is 0 Å². The molecule has 2 N–H and O–H groups in total. The molecule has 2 fully saturated rings. The molecule has 1 aromatic rings. The highest BCUT2D eigenvalue weighted by atomic mass is 35.5. The fraction of sp³-hybridized carbons (Fsp3) is 0.588. The van der Waals surface area contributed by atoms with Crippen molar-refractivity contribution >= 4 is 17.5 Å². The number of alkyl halides is 1. The Bertz CT molecular complexity index is 628. The van der Waals surface area contributed by atoms with Crippen LogP contribution in [0.15, 0.2) is 18.2 Å². The summed E-state index contributed by atoms with van der Waals surface area (Å²) < 4.78 is 34.1. The maximum absolute atomic E-state index is 15.0. The fourth-order valence-corrected chi connectivity index (χ4v) is 3.47. The van der Waals surface area contributed by atoms with Crippen LogP contribution < -0.4 is 10.6 Å². The van der Waals surface area contributed by atoms with Crippen molar-refractivity contribution in [3.05, 3.63) is 34.6 Å². The summed E-state index contributed by atoms with van der Waals surface area (Å²) in [5, 5.41) is 5.60. The first-order chi connectivity index (χ1) is 12.0. The molecule has 1 amide bonds. The first-order valence-electron chi connectivity index (χ1n) is 8.40. The monoisotopic (exact) mass is 373 g/mol. The Balaban J connectivity index is 1.50. The highest BCUT2D eigenvalue weighted by Crippen LogP contribution is 2.26. The molecule has 3 rings (SSSR count). The number of nitrogens with one attached hydrogen (secondary N) is 2. The normalized spacial score (nSPS) is 27.4. The van der Waals surface area contributed by atoms with Crippen molar-refractivity contribution in [1.29, 1.82) is 0 Å². The number of morpholine rings is 1. The van der Waals surface area contributed by atoms with Crippen LogP contribution in [-0.2, 0) is 16.1 Å². The van der Waals surface area contributed by atoms with E-state index in [0.717, 1.165) is 0 Å². The van der Waals surface area contributed by atoms with Crippen LogP contribution >= 0.6 is 11.6 Å². The molecule has 0 aliphatic carbocycles. The molecule has 0 radical (unpaired) electrons. The van der Waals surface area contributed by atoms with Gasteiger partial charge in [-0.2, -0.15) is 0 Å². The van der Waals surface area contributed by atoms with Gasteiger partial charge in [0.05, 0.1) is 24.3 Å². The summed E-state index contributed by atoms with van der Waals surface area (Å²) in [6.45, 7) is 3.07. The number of hydrogen-bond donors (Lipinski definition) is 2. The van der Waals surface area contributed by atoms with E-state index in [0.29, 0.717) is 31.9 Å². The van der Waals surface area contributed by atoms with Gasteiger partial charge in [0, 0.05) is 44.7 Å². The molecule has 2 heterocycles. The molecule has 5 nitrogen and oxygen atoms in total. The van der Waals surface area contributed by atoms with Gasteiger partial charge in [0.2, 0.25) is 5.91 Å². The highest BCUT2D eigenvalue weighted by molar-refractivity contribution is 6.30. The third-order valence-electron chi connectivity index (χ3n) is 4.65. The lowest BCUT2D eigenvalue weighted by Crippen LogP contribution is -2.46. The van der Waals surface area contributed by atoms with Gasteiger partial charge in [-0.3, -0.25) is 9.69 Å². The van der Waals surface area contributed by atoms with Gasteiger partial charge in [-0.25, -0.2) is 8.78 Å². The van der Waals surface area contributed by atoms with Crippen LogP contribution in [0.3, 0.4) is 0 Å². The van der Waals surface area contributed by atoms with Crippen LogP contribution in [0, 0.1) is 5.82 Å². The molecule has 1 aromatic carbocycles. The van der Waals surface area contributed by atoms with Crippen LogP contribution in [0.1, 0.15) is 12.0 Å². The Morgan fingerprint density at radius 1 is 1.44 bits per heavy atom. The number of amides is 1. The van der Waals surface area contributed by atoms with E-state index in [1.54, 1.807) is 12.1 Å². The minimum Gasteiger partial charge on any atom is -0.379 e. The smallest absolute Gasteiger partial charge is 0.237 e. The third kappa shape index (κ3) is 4.67. The Morgan fingerprint density at radius 3 is 2.96 bits per heavy atom. The second-order valence-corrected chi connectivity index (χ2v) is 7.01. The average molecular weight is 374 g/mol. The van der Waals surface area contributed by atoms with Crippen molar-refractivity contribution in [3.8, 4) is 0 Å². The molecule has 2 aliphatic heterocycles. The van der Waals surface area contributed by atoms with Crippen molar-refractivity contribution in [1.82, 2.24) is 15.5 Å². The van der Waals surface area contributed by atoms with Gasteiger partial charge in [0.15, 0.2) is 0 Å². The molecule has 8 heteroatoms. The Hall–Kier alpha value is -1.28. The second kappa shape index (κ2) is 7.95. The van der Waals surface area contributed by atoms with Crippen LogP contribution in [0.25, 0.3) is 0 Å². The van der Waals surface area contributed by atoms with Crippen LogP contribution in [0.5, 0.6) is 0 Å². The topological polar surface area (TPSA) is 53.6 Å². The van der Waals surface area contributed by atoms with Gasteiger partial charge >= 0.3 is 0 Å². The minimum atomic E-state index is -1.44. The molecule has 138 valence electrons. The van der Waals surface area contributed by atoms with E-state index in [2.05, 4.69) is 10.6 Å². The lowest BCUT2D eigenvalue weighted by Gasteiger charge is -2.31. The van der Waals surface area contributed by atoms with Gasteiger partial charge in [0.1, 0.15) is 11.5 Å². The highest BCUT2D eigenvalue weighted by Gasteiger charge is 2.43. The standard InChI is InChI=1S/C17H22ClF2N3O2/c18-13-3-1-2-12(15(13)19)9-21-16(24)14-8-17(20,10-22-14)11-23-4-6-25-7-5-23/h1-3,14,22H,4-11H2,(H,21,24)/t14-,17-/m0/s1. The summed E-state index contributed by atoms with van der Waals surface area (Å²) in [5.41, 5.74) is -1.14. The van der Waals surface area contributed by atoms with Crippen LogP contribution in [0.4, 0.5) is 8.78 Å². The maximum Gasteiger partial charge on any atom is 0.237 e. The minimum absolute atomic E-state index is 0.0130. The number of hydrogen-bond acceptors (Lipinski definition) is 4. The van der Waals surface area contributed by atoms with Gasteiger partial charge < -0.3 is 15.4 Å². The zero-order valence-electron chi connectivity index (χ0n) is 13.9. The third-order valence-corrected chi connectivity index (χ3v) is 4.94. The number of carbonyl (C=O) groups is 1. The van der Waals surface area contributed by atoms with Gasteiger partial charge in [-0.15, -0.1) is 0 Å². The van der Waals surface area contributed by atoms with Crippen molar-refractivity contribution in [2.45, 2.75) is 24.7 Å². The van der Waals surface area contributed by atoms with Crippen molar-refractivity contribution in [2.75, 3.05) is 39.4 Å². The molecule has 2 saturated heterocycles. The van der Waals surface area contributed by atoms with Crippen molar-refractivity contribution in [2.24, 2.45) is 0 Å². The summed E-state index contributed by atoms with van der Waals surface area (Å²) in [5.74, 6) is -0.878. The number of carbonyl (C=O) groups excluding carboxylic acids is 1. The van der Waals surface area contributed by atoms with Crippen molar-refractivity contribution < 1.29 is 18.3 Å². The number of halogens is 3. The van der Waals surface area contributed by atoms with E-state index < -0.39 is 17.5 Å². The predicted octanol–water partition coefficient (Wildman–Crippen LogP) is 1.50. The summed E-state index contributed by atoms with van der Waals surface area (Å²) in [7, 11) is 0. The molecule has 0 aromatic heterocycles. The van der Waals surface area contributed by atoms with Gasteiger partial charge in [-0.05, 0) is 6.07 Å². The molecule has 25 heavy (non-hydrogen) atoms. The van der Waals surface area contributed by atoms with Gasteiger partial charge in [0.25, 0.3) is 0 Å². The maximum atomic E-state index is 15.0. The number of rotatable bonds is 5. The van der Waals surface area contributed by atoms with E-state index in [1.807, 2.05) is 4.90 Å². The number of nitrogens with zero attached hydrogens (tertiary/aromatic N) is 1. The molecule has 0 unspecified atom stereocenters. The summed E-state index contributed by atoms with van der Waals surface area (Å²) in [6.07, 6.45) is 0.105. The van der Waals surface area contributed by atoms with E-state index in [9.17, 15) is 13.6 Å². The summed E-state index contributed by atoms with van der Waals surface area (Å²) >= 11 is 5.72. The molecular weight excluding hydrogens is 352 g/mol. The Kier molecular flexibility index (Phi) is 5.89. The molecular formula is C17H22ClF2N3O2. The van der Waals surface area contributed by atoms with E-state index in [1.165, 1.54) is 6.07 Å². The quantitative estimate of drug-likeness (QED) is 0.821. The van der Waals surface area contributed by atoms with Crippen LogP contribution in [0.2, 0.25) is 5.02 Å². The SMILES string of the molecule is O=C(NCc1cccc(Cl)c1F)[C@@H]1C[C@@](F)(CN2CCOCC2)CN1. The first-order valence-corrected chi connectivity index (χ1v) is 8.78. The lowest BCUT2D eigenvalue weighted by molar-refractivity contribution is -0.123. The summed E-state index contributed by atoms with van der Waals surface area (Å²) in [4.78, 5) is 14.3. The first kappa shape index (κ1) is 18.5. The summed E-state index contributed by atoms with van der Waals surface area (Å²) in [6, 6.07) is 4.01. The Morgan fingerprint density at radius 2 is 2.20 bits per heavy atom. The average Bonchev–Trinajstić information content (AvgIpc) is 2.99. The van der Waals surface area contributed by atoms with Gasteiger partial charge in [-0.1, -0.05) is 23.7 Å². The van der Waals surface area contributed by atoms with E-state index in [4.69, 9.17) is 16.3 Å². The predicted molar refractivity (Wildman–Crippen MR) is 90.8 cm³/mol. The Labute approximate surface area is 150 Å². The largest absolute Gasteiger partial charge is 0.379 e. The molecule has 0 bridgehead atoms. The molecule has 2 atom stereocenters. The van der Waals surface area contributed by atoms with Crippen molar-refractivity contribution in [3.63, 3.8) is 0 Å². The molecule has 0 spiro atoms. The zero-order chi connectivity index (χ0) is 17.9. The number of ether oxygens (including phenoxy) is 1. The van der Waals surface area contributed by atoms with Crippen LogP contribution in [-0.4, -0.2) is 61.9 Å².